The molecule has 0 amide bonds. The van der Waals surface area contributed by atoms with Crippen molar-refractivity contribution >= 4 is 5.95 Å². The lowest BCUT2D eigenvalue weighted by Gasteiger charge is -2.08. The fraction of sp³-hybridized carbons (Fsp3) is 0.357. The first-order valence-electron chi connectivity index (χ1n) is 6.44. The average molecular weight is 276 g/mol. The Labute approximate surface area is 117 Å². The summed E-state index contributed by atoms with van der Waals surface area (Å²) >= 11 is 0. The number of aryl methyl sites for hydroxylation is 1. The molecule has 0 saturated carbocycles. The second-order valence-corrected chi connectivity index (χ2v) is 4.36. The van der Waals surface area contributed by atoms with Crippen molar-refractivity contribution in [2.24, 2.45) is 0 Å². The van der Waals surface area contributed by atoms with Crippen molar-refractivity contribution in [1.82, 2.24) is 15.0 Å². The number of methoxy groups -OCH3 is 1. The van der Waals surface area contributed by atoms with Crippen molar-refractivity contribution in [1.29, 1.82) is 0 Å². The van der Waals surface area contributed by atoms with Crippen LogP contribution in [0.25, 0.3) is 11.4 Å². The molecule has 0 radical (unpaired) electrons. The molecule has 0 saturated heterocycles. The molecule has 0 fully saturated rings. The predicted octanol–water partition coefficient (Wildman–Crippen LogP) is 2.82. The van der Waals surface area contributed by atoms with E-state index in [0.29, 0.717) is 22.9 Å². The van der Waals surface area contributed by atoms with E-state index in [2.05, 4.69) is 20.3 Å². The molecule has 1 N–H and O–H groups in total. The maximum Gasteiger partial charge on any atom is 0.321 e. The number of nitrogens with one attached hydrogen (secondary N) is 1. The second-order valence-electron chi connectivity index (χ2n) is 4.36. The number of rotatable bonds is 5. The van der Waals surface area contributed by atoms with E-state index < -0.39 is 0 Å². The summed E-state index contributed by atoms with van der Waals surface area (Å²) in [6, 6.07) is 5.08. The molecular weight excluding hydrogens is 259 g/mol. The van der Waals surface area contributed by atoms with E-state index in [1.54, 1.807) is 19.1 Å². The maximum atomic E-state index is 13.6. The van der Waals surface area contributed by atoms with E-state index in [1.165, 1.54) is 13.2 Å². The Balaban J connectivity index is 2.41. The first-order chi connectivity index (χ1) is 9.63. The number of ether oxygens (including phenoxy) is 1. The quantitative estimate of drug-likeness (QED) is 0.910. The fourth-order valence-electron chi connectivity index (χ4n) is 1.62. The third-order valence-corrected chi connectivity index (χ3v) is 2.76. The Hall–Kier alpha value is -2.24. The van der Waals surface area contributed by atoms with Gasteiger partial charge in [0.2, 0.25) is 5.95 Å². The summed E-state index contributed by atoms with van der Waals surface area (Å²) in [5.74, 6) is 0.522. The largest absolute Gasteiger partial charge is 0.467 e. The second kappa shape index (κ2) is 6.27. The predicted molar refractivity (Wildman–Crippen MR) is 75.3 cm³/mol. The molecule has 0 aliphatic carbocycles. The van der Waals surface area contributed by atoms with Gasteiger partial charge in [-0.25, -0.2) is 4.39 Å². The summed E-state index contributed by atoms with van der Waals surface area (Å²) < 4.78 is 18.7. The van der Waals surface area contributed by atoms with Crippen LogP contribution in [0.2, 0.25) is 0 Å². The number of anilines is 1. The first kappa shape index (κ1) is 14.2. The molecule has 0 atom stereocenters. The molecular formula is C14H17FN4O. The highest BCUT2D eigenvalue weighted by molar-refractivity contribution is 5.57. The Morgan fingerprint density at radius 2 is 2.05 bits per heavy atom. The van der Waals surface area contributed by atoms with Crippen molar-refractivity contribution < 1.29 is 9.13 Å². The summed E-state index contributed by atoms with van der Waals surface area (Å²) in [6.07, 6.45) is 0.947. The number of aromatic nitrogens is 3. The average Bonchev–Trinajstić information content (AvgIpc) is 2.47. The number of hydrogen-bond donors (Lipinski definition) is 1. The van der Waals surface area contributed by atoms with Gasteiger partial charge in [-0.15, -0.1) is 0 Å². The van der Waals surface area contributed by atoms with Gasteiger partial charge in [0, 0.05) is 12.1 Å². The van der Waals surface area contributed by atoms with Gasteiger partial charge in [-0.2, -0.15) is 15.0 Å². The van der Waals surface area contributed by atoms with Gasteiger partial charge < -0.3 is 10.1 Å². The van der Waals surface area contributed by atoms with Crippen LogP contribution in [0.3, 0.4) is 0 Å². The van der Waals surface area contributed by atoms with Gasteiger partial charge in [-0.05, 0) is 25.0 Å². The number of nitrogens with zero attached hydrogens (tertiary/aromatic N) is 3. The van der Waals surface area contributed by atoms with Crippen LogP contribution in [0.15, 0.2) is 18.2 Å². The zero-order valence-electron chi connectivity index (χ0n) is 11.8. The number of halogens is 1. The van der Waals surface area contributed by atoms with Crippen LogP contribution in [0.5, 0.6) is 6.01 Å². The van der Waals surface area contributed by atoms with Crippen LogP contribution in [0.1, 0.15) is 18.9 Å². The summed E-state index contributed by atoms with van der Waals surface area (Å²) in [5, 5.41) is 3.07. The molecule has 20 heavy (non-hydrogen) atoms. The topological polar surface area (TPSA) is 59.9 Å². The molecule has 6 heteroatoms. The minimum Gasteiger partial charge on any atom is -0.467 e. The third kappa shape index (κ3) is 3.20. The van der Waals surface area contributed by atoms with Crippen molar-refractivity contribution in [2.75, 3.05) is 19.0 Å². The highest BCUT2D eigenvalue weighted by atomic mass is 19.1. The van der Waals surface area contributed by atoms with Crippen molar-refractivity contribution in [3.05, 3.63) is 29.6 Å². The molecule has 2 rings (SSSR count). The van der Waals surface area contributed by atoms with E-state index in [9.17, 15) is 4.39 Å². The highest BCUT2D eigenvalue weighted by Gasteiger charge is 2.10. The lowest BCUT2D eigenvalue weighted by Crippen LogP contribution is -2.07. The van der Waals surface area contributed by atoms with Crippen molar-refractivity contribution in [3.8, 4) is 17.4 Å². The zero-order valence-corrected chi connectivity index (χ0v) is 11.8. The Morgan fingerprint density at radius 3 is 2.70 bits per heavy atom. The van der Waals surface area contributed by atoms with E-state index in [4.69, 9.17) is 4.74 Å². The van der Waals surface area contributed by atoms with Crippen LogP contribution in [0, 0.1) is 12.7 Å². The minimum atomic E-state index is -0.287. The zero-order chi connectivity index (χ0) is 14.5. The minimum absolute atomic E-state index is 0.203. The Kier molecular flexibility index (Phi) is 4.45. The number of hydrogen-bond acceptors (Lipinski definition) is 5. The molecule has 1 heterocycles. The summed E-state index contributed by atoms with van der Waals surface area (Å²) in [6.45, 7) is 4.50. The Bertz CT molecular complexity index is 604. The Morgan fingerprint density at radius 1 is 1.25 bits per heavy atom. The van der Waals surface area contributed by atoms with E-state index in [1.807, 2.05) is 6.92 Å². The summed E-state index contributed by atoms with van der Waals surface area (Å²) in [5.41, 5.74) is 1.17. The number of benzene rings is 1. The van der Waals surface area contributed by atoms with E-state index in [0.717, 1.165) is 13.0 Å². The van der Waals surface area contributed by atoms with Gasteiger partial charge in [-0.3, -0.25) is 0 Å². The van der Waals surface area contributed by atoms with Crippen LogP contribution in [0.4, 0.5) is 10.3 Å². The van der Waals surface area contributed by atoms with Gasteiger partial charge in [0.25, 0.3) is 0 Å². The van der Waals surface area contributed by atoms with Crippen LogP contribution in [-0.2, 0) is 0 Å². The van der Waals surface area contributed by atoms with Crippen molar-refractivity contribution in [2.45, 2.75) is 20.3 Å². The third-order valence-electron chi connectivity index (χ3n) is 2.76. The molecule has 1 aromatic heterocycles. The standard InChI is InChI=1S/C14H17FN4O/c1-4-7-16-13-17-12(18-14(19-13)20-3)10-6-5-9(2)11(15)8-10/h5-6,8H,4,7H2,1-3H3,(H,16,17,18,19). The van der Waals surface area contributed by atoms with Crippen LogP contribution in [-0.4, -0.2) is 28.6 Å². The normalized spacial score (nSPS) is 10.4. The molecule has 5 nitrogen and oxygen atoms in total. The fourth-order valence-corrected chi connectivity index (χ4v) is 1.62. The van der Waals surface area contributed by atoms with Gasteiger partial charge in [0.1, 0.15) is 5.82 Å². The SMILES string of the molecule is CCCNc1nc(OC)nc(-c2ccc(C)c(F)c2)n1. The van der Waals surface area contributed by atoms with E-state index >= 15 is 0 Å². The molecule has 0 bridgehead atoms. The first-order valence-corrected chi connectivity index (χ1v) is 6.44. The molecule has 106 valence electrons. The summed E-state index contributed by atoms with van der Waals surface area (Å²) in [7, 11) is 1.48. The molecule has 1 aromatic carbocycles. The van der Waals surface area contributed by atoms with Gasteiger partial charge in [0.05, 0.1) is 7.11 Å². The molecule has 2 aromatic rings. The lowest BCUT2D eigenvalue weighted by molar-refractivity contribution is 0.379. The molecule has 0 unspecified atom stereocenters. The smallest absolute Gasteiger partial charge is 0.321 e. The van der Waals surface area contributed by atoms with Gasteiger partial charge >= 0.3 is 6.01 Å². The van der Waals surface area contributed by atoms with E-state index in [-0.39, 0.29) is 11.8 Å². The molecule has 0 spiro atoms. The van der Waals surface area contributed by atoms with Crippen LogP contribution < -0.4 is 10.1 Å². The maximum absolute atomic E-state index is 13.6. The summed E-state index contributed by atoms with van der Waals surface area (Å²) in [4.78, 5) is 12.5. The molecule has 0 aliphatic rings. The van der Waals surface area contributed by atoms with Gasteiger partial charge in [-0.1, -0.05) is 19.1 Å². The van der Waals surface area contributed by atoms with Gasteiger partial charge in [0.15, 0.2) is 5.82 Å². The monoisotopic (exact) mass is 276 g/mol. The lowest BCUT2D eigenvalue weighted by atomic mass is 10.1. The molecule has 0 aliphatic heterocycles. The highest BCUT2D eigenvalue weighted by Crippen LogP contribution is 2.21. The van der Waals surface area contributed by atoms with Crippen molar-refractivity contribution in [3.63, 3.8) is 0 Å². The van der Waals surface area contributed by atoms with Crippen LogP contribution >= 0.6 is 0 Å².